The highest BCUT2D eigenvalue weighted by Crippen LogP contribution is 2.75. The molecule has 0 radical (unpaired) electrons. The molecule has 5 aliphatic rings. The maximum absolute atomic E-state index is 13.3. The minimum absolute atomic E-state index is 0.0435. The van der Waals surface area contributed by atoms with Crippen molar-refractivity contribution in [2.75, 3.05) is 0 Å². The summed E-state index contributed by atoms with van der Waals surface area (Å²) in [4.78, 5) is 38.0. The number of benzene rings is 1. The second kappa shape index (κ2) is 7.51. The van der Waals surface area contributed by atoms with Crippen molar-refractivity contribution in [3.63, 3.8) is 0 Å². The molecule has 0 unspecified atom stereocenters. The number of ether oxygens (including phenoxy) is 3. The average Bonchev–Trinajstić information content (AvgIpc) is 3.48. The summed E-state index contributed by atoms with van der Waals surface area (Å²) >= 11 is 0. The third-order valence-corrected chi connectivity index (χ3v) is 9.94. The molecule has 3 fully saturated rings. The van der Waals surface area contributed by atoms with Gasteiger partial charge in [-0.05, 0) is 81.2 Å². The summed E-state index contributed by atoms with van der Waals surface area (Å²) in [6.07, 6.45) is 10.9. The number of esters is 2. The summed E-state index contributed by atoms with van der Waals surface area (Å²) in [5.74, 6) is 0.0355. The molecule has 2 saturated carbocycles. The first-order valence-corrected chi connectivity index (χ1v) is 12.8. The molecule has 6 rings (SSSR count). The van der Waals surface area contributed by atoms with E-state index in [1.54, 1.807) is 31.2 Å². The highest BCUT2D eigenvalue weighted by molar-refractivity contribution is 5.95. The maximum Gasteiger partial charge on any atom is 0.339 e. The lowest BCUT2D eigenvalue weighted by Gasteiger charge is -2.54. The van der Waals surface area contributed by atoms with Crippen LogP contribution in [0.1, 0.15) is 63.7 Å². The SMILES string of the molecule is CC(=O)OC1=CC2=CC[C@H]3[C@@H]4CC[C@](OC(=O)c5ccccc5)(C(C)=O)[C@@]4(C)C[C@@H]4O[C@@]43[C@@]2(C)C=C1. The van der Waals surface area contributed by atoms with Gasteiger partial charge in [-0.15, -0.1) is 0 Å². The van der Waals surface area contributed by atoms with Crippen LogP contribution in [0.4, 0.5) is 0 Å². The quantitative estimate of drug-likeness (QED) is 0.433. The van der Waals surface area contributed by atoms with Crippen LogP contribution in [0.3, 0.4) is 0 Å². The van der Waals surface area contributed by atoms with Crippen LogP contribution in [0.15, 0.2) is 66.0 Å². The van der Waals surface area contributed by atoms with Gasteiger partial charge in [0, 0.05) is 17.8 Å². The molecule has 1 spiro atoms. The molecule has 0 N–H and O–H groups in total. The van der Waals surface area contributed by atoms with Crippen molar-refractivity contribution in [1.82, 2.24) is 0 Å². The van der Waals surface area contributed by atoms with Crippen LogP contribution >= 0.6 is 0 Å². The first-order valence-electron chi connectivity index (χ1n) is 12.8. The van der Waals surface area contributed by atoms with Crippen LogP contribution in [-0.4, -0.2) is 35.0 Å². The predicted molar refractivity (Wildman–Crippen MR) is 132 cm³/mol. The van der Waals surface area contributed by atoms with E-state index in [1.807, 2.05) is 18.2 Å². The molecule has 0 amide bonds. The van der Waals surface area contributed by atoms with Crippen molar-refractivity contribution in [3.05, 3.63) is 71.5 Å². The molecule has 1 aromatic rings. The zero-order chi connectivity index (χ0) is 25.5. The zero-order valence-electron chi connectivity index (χ0n) is 21.2. The molecule has 36 heavy (non-hydrogen) atoms. The molecule has 4 aliphatic carbocycles. The Labute approximate surface area is 211 Å². The predicted octanol–water partition coefficient (Wildman–Crippen LogP) is 5.10. The number of allylic oxidation sites excluding steroid dienone is 3. The third kappa shape index (κ3) is 2.85. The molecular formula is C30H32O6. The van der Waals surface area contributed by atoms with E-state index in [2.05, 4.69) is 26.0 Å². The van der Waals surface area contributed by atoms with E-state index in [0.717, 1.165) is 18.4 Å². The van der Waals surface area contributed by atoms with Crippen LogP contribution in [0.2, 0.25) is 0 Å². The van der Waals surface area contributed by atoms with Crippen molar-refractivity contribution in [2.45, 2.75) is 70.7 Å². The number of epoxide rings is 1. The standard InChI is InChI=1S/C30H32O6/c1-18(31)29(36-26(33)20-8-6-5-7-9-20)15-13-23-24-11-10-21-16-22(34-19(2)32)12-14-27(21,3)30(24)25(35-30)17-28(23,29)4/h5-10,12,14,16,23-25H,11,13,15,17H2,1-4H3/t23-,24-,25-,27-,28-,29-,30+/m0/s1. The van der Waals surface area contributed by atoms with Crippen LogP contribution in [0.25, 0.3) is 0 Å². The van der Waals surface area contributed by atoms with Gasteiger partial charge in [0.25, 0.3) is 0 Å². The molecule has 0 bridgehead atoms. The summed E-state index contributed by atoms with van der Waals surface area (Å²) in [5.41, 5.74) is -0.843. The lowest BCUT2D eigenvalue weighted by Crippen LogP contribution is -2.61. The Hall–Kier alpha value is -2.99. The summed E-state index contributed by atoms with van der Waals surface area (Å²) in [6.45, 7) is 7.30. The molecule has 1 aliphatic heterocycles. The maximum atomic E-state index is 13.3. The van der Waals surface area contributed by atoms with Gasteiger partial charge in [-0.3, -0.25) is 9.59 Å². The molecular weight excluding hydrogens is 456 g/mol. The van der Waals surface area contributed by atoms with Crippen LogP contribution in [0.5, 0.6) is 0 Å². The molecule has 6 heteroatoms. The van der Waals surface area contributed by atoms with E-state index < -0.39 is 17.0 Å². The van der Waals surface area contributed by atoms with E-state index in [1.165, 1.54) is 6.92 Å². The van der Waals surface area contributed by atoms with E-state index in [4.69, 9.17) is 14.2 Å². The fourth-order valence-corrected chi connectivity index (χ4v) is 8.23. The average molecular weight is 489 g/mol. The van der Waals surface area contributed by atoms with Gasteiger partial charge in [0.05, 0.1) is 11.7 Å². The van der Waals surface area contributed by atoms with E-state index in [-0.39, 0.29) is 40.7 Å². The molecule has 1 saturated heterocycles. The number of hydrogen-bond acceptors (Lipinski definition) is 6. The van der Waals surface area contributed by atoms with Crippen molar-refractivity contribution in [2.24, 2.45) is 22.7 Å². The second-order valence-corrected chi connectivity index (χ2v) is 11.5. The number of rotatable bonds is 4. The van der Waals surface area contributed by atoms with Gasteiger partial charge in [0.1, 0.15) is 11.4 Å². The Morgan fingerprint density at radius 1 is 1.06 bits per heavy atom. The minimum Gasteiger partial charge on any atom is -0.447 e. The summed E-state index contributed by atoms with van der Waals surface area (Å²) in [6, 6.07) is 8.90. The first kappa shape index (κ1) is 23.4. The molecule has 7 atom stereocenters. The van der Waals surface area contributed by atoms with Gasteiger partial charge in [-0.1, -0.05) is 37.3 Å². The van der Waals surface area contributed by atoms with Crippen molar-refractivity contribution < 1.29 is 28.6 Å². The minimum atomic E-state index is -1.17. The van der Waals surface area contributed by atoms with Gasteiger partial charge < -0.3 is 14.2 Å². The lowest BCUT2D eigenvalue weighted by molar-refractivity contribution is -0.156. The van der Waals surface area contributed by atoms with Crippen LogP contribution in [-0.2, 0) is 23.8 Å². The second-order valence-electron chi connectivity index (χ2n) is 11.5. The monoisotopic (exact) mass is 488 g/mol. The highest BCUT2D eigenvalue weighted by atomic mass is 16.6. The van der Waals surface area contributed by atoms with Crippen molar-refractivity contribution in [1.29, 1.82) is 0 Å². The smallest absolute Gasteiger partial charge is 0.339 e. The Morgan fingerprint density at radius 2 is 1.81 bits per heavy atom. The number of ketones is 1. The van der Waals surface area contributed by atoms with E-state index >= 15 is 0 Å². The summed E-state index contributed by atoms with van der Waals surface area (Å²) in [5, 5.41) is 0. The topological polar surface area (TPSA) is 82.2 Å². The van der Waals surface area contributed by atoms with Gasteiger partial charge >= 0.3 is 11.9 Å². The number of carbonyl (C=O) groups excluding carboxylic acids is 3. The fraction of sp³-hybridized carbons (Fsp3) is 0.500. The zero-order valence-corrected chi connectivity index (χ0v) is 21.2. The largest absolute Gasteiger partial charge is 0.447 e. The lowest BCUT2D eigenvalue weighted by atomic mass is 9.48. The molecule has 6 nitrogen and oxygen atoms in total. The highest BCUT2D eigenvalue weighted by Gasteiger charge is 2.81. The molecule has 0 aromatic heterocycles. The third-order valence-electron chi connectivity index (χ3n) is 9.94. The Balaban J connectivity index is 1.36. The van der Waals surface area contributed by atoms with Gasteiger partial charge in [0.15, 0.2) is 11.4 Å². The van der Waals surface area contributed by atoms with E-state index in [9.17, 15) is 14.4 Å². The van der Waals surface area contributed by atoms with Gasteiger partial charge in [-0.25, -0.2) is 4.79 Å². The fourth-order valence-electron chi connectivity index (χ4n) is 8.23. The Kier molecular flexibility index (Phi) is 4.89. The van der Waals surface area contributed by atoms with Crippen molar-refractivity contribution >= 4 is 17.7 Å². The summed E-state index contributed by atoms with van der Waals surface area (Å²) in [7, 11) is 0. The number of Topliss-reactive ketones (excluding diaryl/α,β-unsaturated/α-hetero) is 1. The van der Waals surface area contributed by atoms with Crippen LogP contribution in [0, 0.1) is 22.7 Å². The van der Waals surface area contributed by atoms with Crippen molar-refractivity contribution in [3.8, 4) is 0 Å². The molecule has 188 valence electrons. The van der Waals surface area contributed by atoms with Gasteiger partial charge in [0.2, 0.25) is 0 Å². The normalized spacial score (nSPS) is 41.5. The Bertz CT molecular complexity index is 1260. The van der Waals surface area contributed by atoms with Gasteiger partial charge in [-0.2, -0.15) is 0 Å². The number of fused-ring (bicyclic) bond motifs is 3. The molecule has 1 aromatic carbocycles. The number of hydrogen-bond donors (Lipinski definition) is 0. The van der Waals surface area contributed by atoms with E-state index in [0.29, 0.717) is 24.2 Å². The molecule has 1 heterocycles. The van der Waals surface area contributed by atoms with Crippen LogP contribution < -0.4 is 0 Å². The first-order chi connectivity index (χ1) is 17.1. The number of carbonyl (C=O) groups is 3. The Morgan fingerprint density at radius 3 is 2.50 bits per heavy atom. The summed E-state index contributed by atoms with van der Waals surface area (Å²) < 4.78 is 18.2.